The summed E-state index contributed by atoms with van der Waals surface area (Å²) in [6.07, 6.45) is 0. The van der Waals surface area contributed by atoms with Gasteiger partial charge in [-0.2, -0.15) is 4.99 Å². The SMILES string of the molecule is Cc1ccc2c(c1)-c1cc(C)c(C(=O)N=C(N)N)cc1S(=O)(=O)C2. The number of nitrogens with two attached hydrogens (primary N) is 2. The second-order valence-corrected chi connectivity index (χ2v) is 7.88. The fourth-order valence-corrected chi connectivity index (χ4v) is 4.53. The van der Waals surface area contributed by atoms with E-state index in [1.165, 1.54) is 6.07 Å². The van der Waals surface area contributed by atoms with Crippen LogP contribution in [0.15, 0.2) is 40.2 Å². The molecule has 0 aromatic heterocycles. The van der Waals surface area contributed by atoms with Crippen molar-refractivity contribution in [2.75, 3.05) is 0 Å². The number of carbonyl (C=O) groups excluding carboxylic acids is 1. The molecule has 0 unspecified atom stereocenters. The van der Waals surface area contributed by atoms with Gasteiger partial charge in [-0.05, 0) is 42.7 Å². The minimum Gasteiger partial charge on any atom is -0.370 e. The number of guanidine groups is 1. The lowest BCUT2D eigenvalue weighted by atomic mass is 9.94. The maximum atomic E-state index is 12.6. The van der Waals surface area contributed by atoms with Crippen molar-refractivity contribution >= 4 is 21.7 Å². The quantitative estimate of drug-likeness (QED) is 0.603. The van der Waals surface area contributed by atoms with Gasteiger partial charge >= 0.3 is 0 Å². The van der Waals surface area contributed by atoms with Crippen LogP contribution in [0.5, 0.6) is 0 Å². The highest BCUT2D eigenvalue weighted by Gasteiger charge is 2.29. The number of nitrogens with zero attached hydrogens (tertiary/aromatic N) is 1. The van der Waals surface area contributed by atoms with Crippen LogP contribution in [0.3, 0.4) is 0 Å². The third-order valence-corrected chi connectivity index (χ3v) is 5.72. The van der Waals surface area contributed by atoms with Gasteiger partial charge in [0.2, 0.25) is 0 Å². The van der Waals surface area contributed by atoms with Crippen LogP contribution in [0.1, 0.15) is 27.0 Å². The summed E-state index contributed by atoms with van der Waals surface area (Å²) in [5.41, 5.74) is 14.6. The number of benzene rings is 2. The molecule has 1 amide bonds. The lowest BCUT2D eigenvalue weighted by molar-refractivity contribution is 0.100. The molecule has 7 heteroatoms. The van der Waals surface area contributed by atoms with E-state index in [0.29, 0.717) is 11.1 Å². The molecule has 2 aromatic rings. The van der Waals surface area contributed by atoms with E-state index in [1.807, 2.05) is 25.1 Å². The van der Waals surface area contributed by atoms with Gasteiger partial charge in [0.1, 0.15) is 0 Å². The van der Waals surface area contributed by atoms with Gasteiger partial charge in [-0.1, -0.05) is 23.8 Å². The molecule has 1 aliphatic rings. The highest BCUT2D eigenvalue weighted by Crippen LogP contribution is 2.39. The molecular weight excluding hydrogens is 326 g/mol. The van der Waals surface area contributed by atoms with E-state index in [-0.39, 0.29) is 22.2 Å². The zero-order valence-corrected chi connectivity index (χ0v) is 14.1. The molecule has 0 saturated heterocycles. The molecule has 4 N–H and O–H groups in total. The van der Waals surface area contributed by atoms with Crippen LogP contribution in [-0.2, 0) is 15.6 Å². The maximum absolute atomic E-state index is 12.6. The van der Waals surface area contributed by atoms with Gasteiger partial charge in [-0.15, -0.1) is 0 Å². The highest BCUT2D eigenvalue weighted by molar-refractivity contribution is 7.90. The zero-order chi connectivity index (χ0) is 17.6. The number of hydrogen-bond donors (Lipinski definition) is 2. The Labute approximate surface area is 140 Å². The Morgan fingerprint density at radius 2 is 1.79 bits per heavy atom. The van der Waals surface area contributed by atoms with Crippen LogP contribution < -0.4 is 11.5 Å². The van der Waals surface area contributed by atoms with Crippen LogP contribution >= 0.6 is 0 Å². The summed E-state index contributed by atoms with van der Waals surface area (Å²) < 4.78 is 25.3. The Morgan fingerprint density at radius 3 is 2.46 bits per heavy atom. The van der Waals surface area contributed by atoms with Crippen molar-refractivity contribution in [3.63, 3.8) is 0 Å². The van der Waals surface area contributed by atoms with Crippen LogP contribution in [0.4, 0.5) is 0 Å². The predicted octanol–water partition coefficient (Wildman–Crippen LogP) is 1.67. The molecule has 6 nitrogen and oxygen atoms in total. The molecule has 0 fully saturated rings. The predicted molar refractivity (Wildman–Crippen MR) is 92.4 cm³/mol. The Hall–Kier alpha value is -2.67. The van der Waals surface area contributed by atoms with Gasteiger partial charge in [0.15, 0.2) is 15.8 Å². The zero-order valence-electron chi connectivity index (χ0n) is 13.3. The van der Waals surface area contributed by atoms with Gasteiger partial charge < -0.3 is 11.5 Å². The Kier molecular flexibility index (Phi) is 3.68. The maximum Gasteiger partial charge on any atom is 0.280 e. The number of sulfone groups is 1. The van der Waals surface area contributed by atoms with Crippen LogP contribution in [0, 0.1) is 13.8 Å². The summed E-state index contributed by atoms with van der Waals surface area (Å²) >= 11 is 0. The largest absolute Gasteiger partial charge is 0.370 e. The van der Waals surface area contributed by atoms with Gasteiger partial charge in [0, 0.05) is 11.1 Å². The molecule has 24 heavy (non-hydrogen) atoms. The molecule has 1 heterocycles. The number of carbonyl (C=O) groups is 1. The Bertz CT molecular complexity index is 1000. The van der Waals surface area contributed by atoms with Crippen molar-refractivity contribution in [2.24, 2.45) is 16.5 Å². The highest BCUT2D eigenvalue weighted by atomic mass is 32.2. The minimum absolute atomic E-state index is 0.0887. The summed E-state index contributed by atoms with van der Waals surface area (Å²) in [6.45, 7) is 3.68. The van der Waals surface area contributed by atoms with Crippen molar-refractivity contribution in [1.82, 2.24) is 0 Å². The van der Waals surface area contributed by atoms with E-state index >= 15 is 0 Å². The van der Waals surface area contributed by atoms with Crippen molar-refractivity contribution in [3.8, 4) is 11.1 Å². The van der Waals surface area contributed by atoms with Gasteiger partial charge in [0.05, 0.1) is 10.6 Å². The second kappa shape index (κ2) is 5.45. The van der Waals surface area contributed by atoms with Gasteiger partial charge in [-0.25, -0.2) is 8.42 Å². The van der Waals surface area contributed by atoms with Gasteiger partial charge in [0.25, 0.3) is 5.91 Å². The van der Waals surface area contributed by atoms with Gasteiger partial charge in [-0.3, -0.25) is 4.79 Å². The number of hydrogen-bond acceptors (Lipinski definition) is 3. The summed E-state index contributed by atoms with van der Waals surface area (Å²) in [5.74, 6) is -1.10. The first-order valence-corrected chi connectivity index (χ1v) is 8.95. The Morgan fingerprint density at radius 1 is 1.08 bits per heavy atom. The molecule has 0 saturated carbocycles. The first-order valence-electron chi connectivity index (χ1n) is 7.30. The summed E-state index contributed by atoms with van der Waals surface area (Å²) in [7, 11) is -3.53. The minimum atomic E-state index is -3.53. The number of fused-ring (bicyclic) bond motifs is 3. The topological polar surface area (TPSA) is 116 Å². The molecule has 0 atom stereocenters. The molecule has 1 aliphatic heterocycles. The number of aryl methyl sites for hydroxylation is 2. The lowest BCUT2D eigenvalue weighted by Crippen LogP contribution is -2.24. The molecule has 124 valence electrons. The second-order valence-electron chi connectivity index (χ2n) is 5.92. The van der Waals surface area contributed by atoms with Crippen molar-refractivity contribution in [2.45, 2.75) is 24.5 Å². The molecule has 2 aromatic carbocycles. The molecule has 0 radical (unpaired) electrons. The number of rotatable bonds is 1. The Balaban J connectivity index is 2.30. The van der Waals surface area contributed by atoms with Crippen LogP contribution in [0.2, 0.25) is 0 Å². The molecule has 0 spiro atoms. The van der Waals surface area contributed by atoms with Crippen molar-refractivity contribution < 1.29 is 13.2 Å². The van der Waals surface area contributed by atoms with E-state index in [4.69, 9.17) is 11.5 Å². The van der Waals surface area contributed by atoms with E-state index in [0.717, 1.165) is 16.7 Å². The van der Waals surface area contributed by atoms with E-state index in [1.54, 1.807) is 13.0 Å². The first kappa shape index (κ1) is 16.2. The average molecular weight is 343 g/mol. The molecule has 0 bridgehead atoms. The molecule has 0 aliphatic carbocycles. The van der Waals surface area contributed by atoms with Crippen LogP contribution in [0.25, 0.3) is 11.1 Å². The normalized spacial score (nSPS) is 14.4. The van der Waals surface area contributed by atoms with Crippen LogP contribution in [-0.4, -0.2) is 20.3 Å². The average Bonchev–Trinajstić information content (AvgIpc) is 2.46. The molecular formula is C17H17N3O3S. The number of amides is 1. The summed E-state index contributed by atoms with van der Waals surface area (Å²) in [4.78, 5) is 15.8. The molecule has 3 rings (SSSR count). The van der Waals surface area contributed by atoms with E-state index in [2.05, 4.69) is 4.99 Å². The standard InChI is InChI=1S/C17H17N3O3S/c1-9-3-4-11-8-24(22,23)15-7-12(16(21)20-17(18)19)10(2)6-14(15)13(11)5-9/h3-7H,8H2,1-2H3,(H4,18,19,20,21). The fourth-order valence-electron chi connectivity index (χ4n) is 2.91. The summed E-state index contributed by atoms with van der Waals surface area (Å²) in [5, 5.41) is 0. The third-order valence-electron chi connectivity index (χ3n) is 4.02. The number of aliphatic imine (C=N–C) groups is 1. The third kappa shape index (κ3) is 2.67. The summed E-state index contributed by atoms with van der Waals surface area (Å²) in [6, 6.07) is 8.77. The van der Waals surface area contributed by atoms with Crippen molar-refractivity contribution in [3.05, 3.63) is 52.6 Å². The monoisotopic (exact) mass is 343 g/mol. The van der Waals surface area contributed by atoms with E-state index in [9.17, 15) is 13.2 Å². The smallest absolute Gasteiger partial charge is 0.280 e. The van der Waals surface area contributed by atoms with E-state index < -0.39 is 15.7 Å². The first-order chi connectivity index (χ1) is 11.2. The fraction of sp³-hybridized carbons (Fsp3) is 0.176. The lowest BCUT2D eigenvalue weighted by Gasteiger charge is -2.22. The van der Waals surface area contributed by atoms with Crippen molar-refractivity contribution in [1.29, 1.82) is 0 Å².